The summed E-state index contributed by atoms with van der Waals surface area (Å²) < 4.78 is 1.74. The van der Waals surface area contributed by atoms with Gasteiger partial charge in [-0.1, -0.05) is 26.2 Å². The fraction of sp³-hybridized carbons (Fsp3) is 0.647. The zero-order valence-electron chi connectivity index (χ0n) is 16.1. The van der Waals surface area contributed by atoms with Crippen LogP contribution in [-0.2, 0) is 7.05 Å². The lowest BCUT2D eigenvalue weighted by molar-refractivity contribution is 0.547. The summed E-state index contributed by atoms with van der Waals surface area (Å²) in [5.74, 6) is 1.63. The van der Waals surface area contributed by atoms with Crippen LogP contribution in [0.25, 0.3) is 11.0 Å². The van der Waals surface area contributed by atoms with Crippen molar-refractivity contribution < 1.29 is 0 Å². The van der Waals surface area contributed by atoms with Crippen molar-refractivity contribution in [3.63, 3.8) is 0 Å². The molecule has 2 aromatic heterocycles. The molecule has 0 fully saturated rings. The number of hydrogen-bond donors (Lipinski definition) is 3. The molecule has 0 bridgehead atoms. The molecule has 0 saturated carbocycles. The number of nitrogens with one attached hydrogen (secondary N) is 3. The molecule has 8 nitrogen and oxygen atoms in total. The molecule has 146 valence electrons. The van der Waals surface area contributed by atoms with Gasteiger partial charge < -0.3 is 16.0 Å². The molecule has 3 N–H and O–H groups in total. The van der Waals surface area contributed by atoms with E-state index in [0.29, 0.717) is 6.04 Å². The molecule has 0 aliphatic heterocycles. The van der Waals surface area contributed by atoms with Crippen molar-refractivity contribution in [3.05, 3.63) is 12.5 Å². The number of halogens is 1. The highest BCUT2D eigenvalue weighted by Gasteiger charge is 2.07. The van der Waals surface area contributed by atoms with Crippen molar-refractivity contribution >= 4 is 46.8 Å². The molecule has 0 aliphatic rings. The molecule has 2 rings (SSSR count). The van der Waals surface area contributed by atoms with Gasteiger partial charge in [0.2, 0.25) is 0 Å². The van der Waals surface area contributed by atoms with Gasteiger partial charge in [0.05, 0.1) is 11.6 Å². The van der Waals surface area contributed by atoms with Gasteiger partial charge in [-0.3, -0.25) is 9.67 Å². The van der Waals surface area contributed by atoms with Crippen LogP contribution in [0.15, 0.2) is 17.5 Å². The average Bonchev–Trinajstić information content (AvgIpc) is 3.00. The van der Waals surface area contributed by atoms with Crippen molar-refractivity contribution in [2.45, 2.75) is 45.6 Å². The lowest BCUT2D eigenvalue weighted by Gasteiger charge is -2.18. The monoisotopic (exact) mass is 474 g/mol. The van der Waals surface area contributed by atoms with Crippen LogP contribution in [0.4, 0.5) is 5.82 Å². The number of anilines is 1. The Kier molecular flexibility index (Phi) is 10.2. The van der Waals surface area contributed by atoms with Gasteiger partial charge in [0.25, 0.3) is 0 Å². The first-order valence-electron chi connectivity index (χ1n) is 8.99. The van der Waals surface area contributed by atoms with Crippen LogP contribution in [0, 0.1) is 0 Å². The van der Waals surface area contributed by atoms with Crippen molar-refractivity contribution in [2.75, 3.05) is 25.5 Å². The predicted octanol–water partition coefficient (Wildman–Crippen LogP) is 2.53. The largest absolute Gasteiger partial charge is 0.368 e. The summed E-state index contributed by atoms with van der Waals surface area (Å²) in [7, 11) is 3.67. The van der Waals surface area contributed by atoms with Gasteiger partial charge in [0.1, 0.15) is 12.1 Å². The Morgan fingerprint density at radius 1 is 1.27 bits per heavy atom. The highest BCUT2D eigenvalue weighted by Crippen LogP contribution is 2.16. The van der Waals surface area contributed by atoms with Gasteiger partial charge in [0, 0.05) is 33.2 Å². The lowest BCUT2D eigenvalue weighted by atomic mass is 10.1. The van der Waals surface area contributed by atoms with E-state index in [1.807, 2.05) is 7.05 Å². The first-order valence-corrected chi connectivity index (χ1v) is 8.99. The number of aryl methyl sites for hydroxylation is 1. The Bertz CT molecular complexity index is 684. The molecule has 2 heterocycles. The van der Waals surface area contributed by atoms with Crippen LogP contribution in [0.2, 0.25) is 0 Å². The third-order valence-corrected chi connectivity index (χ3v) is 4.09. The number of guanidine groups is 1. The highest BCUT2D eigenvalue weighted by atomic mass is 127. The minimum atomic E-state index is 0. The average molecular weight is 474 g/mol. The summed E-state index contributed by atoms with van der Waals surface area (Å²) in [6, 6.07) is 0.419. The van der Waals surface area contributed by atoms with E-state index >= 15 is 0 Å². The topological polar surface area (TPSA) is 92.1 Å². The van der Waals surface area contributed by atoms with Crippen LogP contribution in [0.5, 0.6) is 0 Å². The lowest BCUT2D eigenvalue weighted by Crippen LogP contribution is -2.43. The minimum Gasteiger partial charge on any atom is -0.368 e. The molecule has 0 aliphatic carbocycles. The maximum atomic E-state index is 4.30. The summed E-state index contributed by atoms with van der Waals surface area (Å²) in [4.78, 5) is 12.8. The molecular formula is C17H31IN8. The summed E-state index contributed by atoms with van der Waals surface area (Å²) in [5, 5.41) is 15.2. The standard InChI is InChI=1S/C17H30N8.HI/c1-5-6-7-8-13(2)24-17(18-3)20-10-9-19-15-14-11-23-25(4)16(14)22-12-21-15;/h11-13H,5-10H2,1-4H3,(H2,18,20,24)(H,19,21,22);1H. The SMILES string of the molecule is CCCCCC(C)NC(=NC)NCCNc1ncnc2c1cnn2C.I. The molecular weight excluding hydrogens is 443 g/mol. The molecule has 0 radical (unpaired) electrons. The highest BCUT2D eigenvalue weighted by molar-refractivity contribution is 14.0. The number of nitrogens with zero attached hydrogens (tertiary/aromatic N) is 5. The van der Waals surface area contributed by atoms with E-state index < -0.39 is 0 Å². The smallest absolute Gasteiger partial charge is 0.191 e. The van der Waals surface area contributed by atoms with Gasteiger partial charge in [-0.2, -0.15) is 5.10 Å². The normalized spacial score (nSPS) is 12.5. The third kappa shape index (κ3) is 6.58. The van der Waals surface area contributed by atoms with E-state index in [2.05, 4.69) is 49.9 Å². The second-order valence-electron chi connectivity index (χ2n) is 6.19. The predicted molar refractivity (Wildman–Crippen MR) is 118 cm³/mol. The summed E-state index contributed by atoms with van der Waals surface area (Å²) in [6.07, 6.45) is 8.27. The van der Waals surface area contributed by atoms with E-state index in [1.54, 1.807) is 24.3 Å². The molecule has 0 aromatic carbocycles. The third-order valence-electron chi connectivity index (χ3n) is 4.09. The molecule has 26 heavy (non-hydrogen) atoms. The van der Waals surface area contributed by atoms with Crippen LogP contribution in [0.3, 0.4) is 0 Å². The van der Waals surface area contributed by atoms with Crippen LogP contribution >= 0.6 is 24.0 Å². The van der Waals surface area contributed by atoms with Gasteiger partial charge in [-0.25, -0.2) is 9.97 Å². The Balaban J connectivity index is 0.00000338. The van der Waals surface area contributed by atoms with Crippen molar-refractivity contribution in [2.24, 2.45) is 12.0 Å². The second kappa shape index (κ2) is 11.9. The Labute approximate surface area is 172 Å². The van der Waals surface area contributed by atoms with Crippen molar-refractivity contribution in [3.8, 4) is 0 Å². The van der Waals surface area contributed by atoms with Crippen molar-refractivity contribution in [1.29, 1.82) is 0 Å². The first-order chi connectivity index (χ1) is 12.2. The molecule has 0 spiro atoms. The van der Waals surface area contributed by atoms with Gasteiger partial charge in [0.15, 0.2) is 11.6 Å². The van der Waals surface area contributed by atoms with E-state index in [1.165, 1.54) is 19.3 Å². The Morgan fingerprint density at radius 3 is 2.81 bits per heavy atom. The van der Waals surface area contributed by atoms with Crippen molar-refractivity contribution in [1.82, 2.24) is 30.4 Å². The zero-order chi connectivity index (χ0) is 18.1. The summed E-state index contributed by atoms with van der Waals surface area (Å²) >= 11 is 0. The van der Waals surface area contributed by atoms with E-state index in [9.17, 15) is 0 Å². The maximum Gasteiger partial charge on any atom is 0.191 e. The molecule has 1 atom stereocenters. The van der Waals surface area contributed by atoms with Crippen LogP contribution in [0.1, 0.15) is 39.5 Å². The molecule has 2 aromatic rings. The van der Waals surface area contributed by atoms with E-state index in [-0.39, 0.29) is 24.0 Å². The number of rotatable bonds is 9. The quantitative estimate of drug-likeness (QED) is 0.224. The number of fused-ring (bicyclic) bond motifs is 1. The molecule has 0 saturated heterocycles. The number of unbranched alkanes of at least 4 members (excludes halogenated alkanes) is 2. The van der Waals surface area contributed by atoms with E-state index in [4.69, 9.17) is 0 Å². The Morgan fingerprint density at radius 2 is 2.08 bits per heavy atom. The fourth-order valence-electron chi connectivity index (χ4n) is 2.67. The van der Waals surface area contributed by atoms with Gasteiger partial charge >= 0.3 is 0 Å². The second-order valence-corrected chi connectivity index (χ2v) is 6.19. The Hall–Kier alpha value is -1.65. The van der Waals surface area contributed by atoms with E-state index in [0.717, 1.165) is 42.3 Å². The molecule has 9 heteroatoms. The van der Waals surface area contributed by atoms with Gasteiger partial charge in [-0.05, 0) is 13.3 Å². The van der Waals surface area contributed by atoms with Gasteiger partial charge in [-0.15, -0.1) is 24.0 Å². The minimum absolute atomic E-state index is 0. The number of aliphatic imine (C=N–C) groups is 1. The molecule has 1 unspecified atom stereocenters. The zero-order valence-corrected chi connectivity index (χ0v) is 18.4. The van der Waals surface area contributed by atoms with Crippen LogP contribution in [-0.4, -0.2) is 51.9 Å². The van der Waals surface area contributed by atoms with Crippen LogP contribution < -0.4 is 16.0 Å². The first kappa shape index (κ1) is 22.4. The summed E-state index contributed by atoms with van der Waals surface area (Å²) in [5.41, 5.74) is 0.823. The maximum absolute atomic E-state index is 4.30. The molecule has 0 amide bonds. The fourth-order valence-corrected chi connectivity index (χ4v) is 2.67. The number of hydrogen-bond acceptors (Lipinski definition) is 5. The number of aromatic nitrogens is 4. The summed E-state index contributed by atoms with van der Waals surface area (Å²) in [6.45, 7) is 5.89.